The van der Waals surface area contributed by atoms with Gasteiger partial charge in [-0.1, -0.05) is 43.2 Å². The summed E-state index contributed by atoms with van der Waals surface area (Å²) in [4.78, 5) is 26.8. The van der Waals surface area contributed by atoms with Gasteiger partial charge in [-0.3, -0.25) is 9.59 Å². The largest absolute Gasteiger partial charge is 0.377 e. The summed E-state index contributed by atoms with van der Waals surface area (Å²) < 4.78 is 30.5. The summed E-state index contributed by atoms with van der Waals surface area (Å²) in [6.07, 6.45) is 3.23. The predicted molar refractivity (Wildman–Crippen MR) is 98.6 cm³/mol. The first kappa shape index (κ1) is 17.7. The Morgan fingerprint density at radius 2 is 1.37 bits per heavy atom. The number of hydrogen-bond acceptors (Lipinski definition) is 5. The van der Waals surface area contributed by atoms with Gasteiger partial charge in [-0.05, 0) is 37.1 Å². The van der Waals surface area contributed by atoms with E-state index in [0.717, 1.165) is 17.7 Å². The highest BCUT2D eigenvalue weighted by Crippen LogP contribution is 2.42. The van der Waals surface area contributed by atoms with Crippen molar-refractivity contribution in [3.8, 4) is 5.75 Å². The van der Waals surface area contributed by atoms with E-state index in [9.17, 15) is 18.0 Å². The molecule has 2 amide bonds. The van der Waals surface area contributed by atoms with Crippen molar-refractivity contribution in [3.05, 3.63) is 54.6 Å². The first-order valence-corrected chi connectivity index (χ1v) is 10.4. The van der Waals surface area contributed by atoms with Crippen LogP contribution in [0.1, 0.15) is 25.7 Å². The molecule has 1 heterocycles. The van der Waals surface area contributed by atoms with Gasteiger partial charge >= 0.3 is 10.1 Å². The van der Waals surface area contributed by atoms with E-state index < -0.39 is 10.1 Å². The lowest BCUT2D eigenvalue weighted by molar-refractivity contribution is -0.122. The molecule has 2 aromatic rings. The third-order valence-corrected chi connectivity index (χ3v) is 6.43. The monoisotopic (exact) mass is 385 g/mol. The third-order valence-electron chi connectivity index (χ3n) is 5.18. The van der Waals surface area contributed by atoms with Crippen molar-refractivity contribution in [3.63, 3.8) is 0 Å². The Balaban J connectivity index is 1.70. The van der Waals surface area contributed by atoms with Crippen LogP contribution in [0.4, 0.5) is 5.69 Å². The van der Waals surface area contributed by atoms with E-state index in [0.29, 0.717) is 12.8 Å². The van der Waals surface area contributed by atoms with Crippen molar-refractivity contribution in [2.75, 3.05) is 4.90 Å². The van der Waals surface area contributed by atoms with Gasteiger partial charge in [0.2, 0.25) is 11.8 Å². The molecule has 1 saturated carbocycles. The summed E-state index contributed by atoms with van der Waals surface area (Å²) in [6.45, 7) is 0. The molecule has 0 bridgehead atoms. The fraction of sp³-hybridized carbons (Fsp3) is 0.300. The summed E-state index contributed by atoms with van der Waals surface area (Å²) in [7, 11) is -4.08. The number of benzene rings is 2. The molecule has 0 radical (unpaired) electrons. The fourth-order valence-corrected chi connectivity index (χ4v) is 4.83. The molecule has 1 saturated heterocycles. The molecule has 27 heavy (non-hydrogen) atoms. The summed E-state index contributed by atoms with van der Waals surface area (Å²) in [5.74, 6) is -1.19. The molecule has 0 N–H and O–H groups in total. The zero-order chi connectivity index (χ0) is 19.0. The van der Waals surface area contributed by atoms with Crippen LogP contribution in [0.15, 0.2) is 59.5 Å². The molecule has 2 aliphatic rings. The van der Waals surface area contributed by atoms with Crippen molar-refractivity contribution in [1.82, 2.24) is 0 Å². The van der Waals surface area contributed by atoms with Gasteiger partial charge in [0, 0.05) is 0 Å². The van der Waals surface area contributed by atoms with Gasteiger partial charge in [0.15, 0.2) is 5.75 Å². The van der Waals surface area contributed by atoms with Crippen LogP contribution in [-0.4, -0.2) is 20.2 Å². The second-order valence-electron chi connectivity index (χ2n) is 6.83. The quantitative estimate of drug-likeness (QED) is 0.597. The lowest BCUT2D eigenvalue weighted by Gasteiger charge is -2.19. The summed E-state index contributed by atoms with van der Waals surface area (Å²) in [5, 5.41) is 0. The number of fused-ring (bicyclic) bond motifs is 1. The first-order chi connectivity index (χ1) is 13.0. The minimum absolute atomic E-state index is 0.00699. The first-order valence-electron chi connectivity index (χ1n) is 8.95. The molecule has 140 valence electrons. The van der Waals surface area contributed by atoms with E-state index in [2.05, 4.69) is 0 Å². The average Bonchev–Trinajstić information content (AvgIpc) is 2.94. The number of para-hydroxylation sites is 2. The van der Waals surface area contributed by atoms with E-state index >= 15 is 0 Å². The number of nitrogens with zero attached hydrogens (tertiary/aromatic N) is 1. The second-order valence-corrected chi connectivity index (χ2v) is 8.37. The van der Waals surface area contributed by atoms with Crippen LogP contribution in [0.25, 0.3) is 0 Å². The molecule has 2 fully saturated rings. The van der Waals surface area contributed by atoms with E-state index in [1.807, 2.05) is 0 Å². The lowest BCUT2D eigenvalue weighted by Crippen LogP contribution is -2.31. The van der Waals surface area contributed by atoms with Gasteiger partial charge in [-0.15, -0.1) is 0 Å². The lowest BCUT2D eigenvalue weighted by atomic mass is 9.81. The molecule has 0 spiro atoms. The highest BCUT2D eigenvalue weighted by molar-refractivity contribution is 7.87. The van der Waals surface area contributed by atoms with E-state index in [1.165, 1.54) is 18.2 Å². The SMILES string of the molecule is O=C1[C@H]2CCCC[C@@H]2C(=O)N1c1ccccc1OS(=O)(=O)c1ccccc1. The molecular weight excluding hydrogens is 366 g/mol. The van der Waals surface area contributed by atoms with Crippen LogP contribution >= 0.6 is 0 Å². The molecule has 2 atom stereocenters. The van der Waals surface area contributed by atoms with Crippen LogP contribution in [0.5, 0.6) is 5.75 Å². The molecule has 2 aromatic carbocycles. The standard InChI is InChI=1S/C20H19NO5S/c22-19-15-10-4-5-11-16(15)20(23)21(19)17-12-6-7-13-18(17)26-27(24,25)14-8-2-1-3-9-14/h1-3,6-9,12-13,15-16H,4-5,10-11H2/t15-,16-/m0/s1. The minimum Gasteiger partial charge on any atom is -0.377 e. The fourth-order valence-electron chi connectivity index (χ4n) is 3.87. The van der Waals surface area contributed by atoms with Crippen LogP contribution in [0.3, 0.4) is 0 Å². The maximum Gasteiger partial charge on any atom is 0.339 e. The van der Waals surface area contributed by atoms with Crippen molar-refractivity contribution in [1.29, 1.82) is 0 Å². The van der Waals surface area contributed by atoms with Gasteiger partial charge in [0.1, 0.15) is 4.90 Å². The van der Waals surface area contributed by atoms with Gasteiger partial charge in [-0.2, -0.15) is 8.42 Å². The van der Waals surface area contributed by atoms with Gasteiger partial charge < -0.3 is 4.18 Å². The van der Waals surface area contributed by atoms with Gasteiger partial charge in [-0.25, -0.2) is 4.90 Å². The average molecular weight is 385 g/mol. The Morgan fingerprint density at radius 1 is 0.815 bits per heavy atom. The van der Waals surface area contributed by atoms with Crippen molar-refractivity contribution in [2.45, 2.75) is 30.6 Å². The number of carbonyl (C=O) groups is 2. The van der Waals surface area contributed by atoms with E-state index in [4.69, 9.17) is 4.18 Å². The van der Waals surface area contributed by atoms with E-state index in [-0.39, 0.29) is 40.0 Å². The summed E-state index contributed by atoms with van der Waals surface area (Å²) in [5.41, 5.74) is 0.182. The van der Waals surface area contributed by atoms with Gasteiger partial charge in [0.25, 0.3) is 0 Å². The Labute approximate surface area is 157 Å². The van der Waals surface area contributed by atoms with Gasteiger partial charge in [0.05, 0.1) is 17.5 Å². The van der Waals surface area contributed by atoms with Crippen molar-refractivity contribution >= 4 is 27.6 Å². The number of rotatable bonds is 4. The predicted octanol–water partition coefficient (Wildman–Crippen LogP) is 3.13. The number of carbonyl (C=O) groups excluding carboxylic acids is 2. The Bertz CT molecular complexity index is 962. The Hall–Kier alpha value is -2.67. The maximum atomic E-state index is 12.8. The molecule has 4 rings (SSSR count). The molecule has 7 heteroatoms. The number of anilines is 1. The van der Waals surface area contributed by atoms with Crippen LogP contribution in [-0.2, 0) is 19.7 Å². The molecule has 6 nitrogen and oxygen atoms in total. The zero-order valence-electron chi connectivity index (χ0n) is 14.6. The Kier molecular flexibility index (Phi) is 4.47. The molecule has 0 unspecified atom stereocenters. The molecule has 1 aliphatic carbocycles. The zero-order valence-corrected chi connectivity index (χ0v) is 15.4. The third kappa shape index (κ3) is 3.12. The minimum atomic E-state index is -4.08. The normalized spacial score (nSPS) is 22.6. The highest BCUT2D eigenvalue weighted by Gasteiger charge is 2.49. The van der Waals surface area contributed by atoms with E-state index in [1.54, 1.807) is 36.4 Å². The van der Waals surface area contributed by atoms with Crippen LogP contribution in [0.2, 0.25) is 0 Å². The number of amides is 2. The van der Waals surface area contributed by atoms with Crippen LogP contribution < -0.4 is 9.08 Å². The van der Waals surface area contributed by atoms with Crippen LogP contribution in [0, 0.1) is 11.8 Å². The molecule has 0 aromatic heterocycles. The Morgan fingerprint density at radius 3 is 2.00 bits per heavy atom. The maximum absolute atomic E-state index is 12.8. The smallest absolute Gasteiger partial charge is 0.339 e. The number of hydrogen-bond donors (Lipinski definition) is 0. The summed E-state index contributed by atoms with van der Waals surface area (Å²) in [6, 6.07) is 14.0. The molecular formula is C20H19NO5S. The number of imide groups is 1. The topological polar surface area (TPSA) is 80.8 Å². The highest BCUT2D eigenvalue weighted by atomic mass is 32.2. The summed E-state index contributed by atoms with van der Waals surface area (Å²) >= 11 is 0. The van der Waals surface area contributed by atoms with Crippen molar-refractivity contribution in [2.24, 2.45) is 11.8 Å². The second kappa shape index (κ2) is 6.81. The van der Waals surface area contributed by atoms with Crippen molar-refractivity contribution < 1.29 is 22.2 Å². The molecule has 1 aliphatic heterocycles.